The van der Waals surface area contributed by atoms with Crippen LogP contribution >= 0.6 is 0 Å². The summed E-state index contributed by atoms with van der Waals surface area (Å²) in [5.74, 6) is -1.35. The molecule has 5 aromatic carbocycles. The minimum atomic E-state index is -0.847. The van der Waals surface area contributed by atoms with Crippen LogP contribution in [-0.4, -0.2) is 0 Å². The first kappa shape index (κ1) is 57.2. The summed E-state index contributed by atoms with van der Waals surface area (Å²) in [5.41, 5.74) is 6.39. The molecule has 0 N–H and O–H groups in total. The van der Waals surface area contributed by atoms with E-state index in [1.54, 1.807) is 31.2 Å². The van der Waals surface area contributed by atoms with E-state index in [0.717, 1.165) is 52.8 Å². The summed E-state index contributed by atoms with van der Waals surface area (Å²) in [7, 11) is 0. The maximum atomic E-state index is 14.4. The molecule has 0 aromatic heterocycles. The van der Waals surface area contributed by atoms with Gasteiger partial charge in [-0.1, -0.05) is 151 Å². The van der Waals surface area contributed by atoms with Crippen LogP contribution in [0.4, 0.5) is 26.3 Å². The third-order valence-corrected chi connectivity index (χ3v) is 11.8. The van der Waals surface area contributed by atoms with Gasteiger partial charge in [-0.05, 0) is 104 Å². The van der Waals surface area contributed by atoms with Crippen LogP contribution in [-0.2, 0) is 19.3 Å². The Morgan fingerprint density at radius 2 is 0.806 bits per heavy atom. The van der Waals surface area contributed by atoms with Crippen LogP contribution in [0.25, 0.3) is 0 Å². The van der Waals surface area contributed by atoms with Gasteiger partial charge >= 0.3 is 51.4 Å². The van der Waals surface area contributed by atoms with Gasteiger partial charge in [-0.3, -0.25) is 4.39 Å². The van der Waals surface area contributed by atoms with Crippen LogP contribution in [0.15, 0.2) is 84.9 Å². The molecule has 0 atom stereocenters. The molecule has 0 aliphatic heterocycles. The number of hydrogen-bond donors (Lipinski definition) is 0. The molecule has 0 spiro atoms. The van der Waals surface area contributed by atoms with Gasteiger partial charge in [-0.2, -0.15) is 24.5 Å². The zero-order chi connectivity index (χ0) is 43.2. The van der Waals surface area contributed by atoms with Gasteiger partial charge in [0.25, 0.3) is 0 Å². The van der Waals surface area contributed by atoms with Gasteiger partial charge in [-0.25, -0.2) is 22.0 Å². The van der Waals surface area contributed by atoms with E-state index >= 15 is 0 Å². The van der Waals surface area contributed by atoms with Gasteiger partial charge in [0, 0.05) is 12.8 Å². The van der Waals surface area contributed by atoms with E-state index in [9.17, 15) is 26.3 Å². The van der Waals surface area contributed by atoms with Crippen LogP contribution < -0.4 is 51.4 Å². The van der Waals surface area contributed by atoms with Crippen molar-refractivity contribution in [3.63, 3.8) is 0 Å². The Morgan fingerprint density at radius 3 is 1.21 bits per heavy atom. The standard InChI is InChI=1S/C22H20F2.C15H20F2.C8H7F2.C8H15.2CH4.K/c1-15-3-7-17(8-4-15)13-19-11-12-20(22(24)21(19)23)14-18-9-5-16(2)6-10-18;1-10-3-6-12(7-4-10)9-13-8-5-11(2)14(16)15(13)17;1-5-3-4-6(2)8(10)7(5)9;1-7-3-5-8(2)6-4-7;;;/h3-12H,13-14H2,1-2H3;5,8,10,12H,3-4,6-7,9H2,1-2H3;3-4H,1H2,2H3;7-8H,1,3-6H2,2H3;2*1H4;/q;;2*-1;;;+1. The van der Waals surface area contributed by atoms with Crippen molar-refractivity contribution in [1.82, 2.24) is 0 Å². The zero-order valence-corrected chi connectivity index (χ0v) is 40.0. The van der Waals surface area contributed by atoms with Crippen molar-refractivity contribution in [2.24, 2.45) is 23.7 Å². The molecule has 0 heterocycles. The maximum absolute atomic E-state index is 14.4. The van der Waals surface area contributed by atoms with E-state index in [1.165, 1.54) is 57.6 Å². The van der Waals surface area contributed by atoms with Gasteiger partial charge in [0.15, 0.2) is 23.3 Å². The molecule has 0 bridgehead atoms. The third-order valence-electron chi connectivity index (χ3n) is 11.8. The first-order chi connectivity index (χ1) is 28.0. The van der Waals surface area contributed by atoms with Crippen LogP contribution in [0.2, 0.25) is 0 Å². The Labute approximate surface area is 414 Å². The summed E-state index contributed by atoms with van der Waals surface area (Å²) in [5, 5.41) is 0. The largest absolute Gasteiger partial charge is 1.00 e. The summed E-state index contributed by atoms with van der Waals surface area (Å²) < 4.78 is 81.1. The summed E-state index contributed by atoms with van der Waals surface area (Å²) in [6.07, 6.45) is 11.8. The molecule has 2 saturated carbocycles. The number of halogens is 6. The zero-order valence-electron chi connectivity index (χ0n) is 36.9. The van der Waals surface area contributed by atoms with Crippen molar-refractivity contribution in [1.29, 1.82) is 0 Å². The maximum Gasteiger partial charge on any atom is 1.00 e. The van der Waals surface area contributed by atoms with Crippen LogP contribution in [0.3, 0.4) is 0 Å². The fourth-order valence-corrected chi connectivity index (χ4v) is 7.46. The van der Waals surface area contributed by atoms with Crippen LogP contribution in [0.5, 0.6) is 0 Å². The van der Waals surface area contributed by atoms with Crippen LogP contribution in [0.1, 0.15) is 136 Å². The van der Waals surface area contributed by atoms with Crippen LogP contribution in [0, 0.1) is 100 Å². The normalized spacial score (nSPS) is 17.8. The molecular weight excluding hydrogens is 814 g/mol. The SMILES string of the molecule is C.C.Cc1ccc(CC2CCC(C)CC2)c(F)c1F.Cc1ccc(Cc2ccc(Cc3ccc(C)cc3)c(F)c2F)cc1.[CH2-]C1CCC(C)CC1.[CH2-]c1ccc(C)c(F)c1F.[K+]. The van der Waals surface area contributed by atoms with E-state index in [2.05, 4.69) is 27.7 Å². The molecular formula is C55H70F6K-. The quantitative estimate of drug-likeness (QED) is 0.0905. The fourth-order valence-electron chi connectivity index (χ4n) is 7.46. The summed E-state index contributed by atoms with van der Waals surface area (Å²) >= 11 is 0. The molecule has 0 amide bonds. The van der Waals surface area contributed by atoms with Gasteiger partial charge in [0.2, 0.25) is 0 Å². The van der Waals surface area contributed by atoms with Crippen molar-refractivity contribution in [3.05, 3.63) is 189 Å². The molecule has 0 nitrogen and oxygen atoms in total. The Hall–Kier alpha value is -2.81. The average Bonchev–Trinajstić information content (AvgIpc) is 3.23. The molecule has 0 unspecified atom stereocenters. The minimum Gasteiger partial charge on any atom is -0.340 e. The summed E-state index contributed by atoms with van der Waals surface area (Å²) in [6, 6.07) is 25.5. The fraction of sp³-hybridized carbons (Fsp3) is 0.418. The second kappa shape index (κ2) is 28.2. The summed E-state index contributed by atoms with van der Waals surface area (Å²) in [6.45, 7) is 19.1. The molecule has 0 saturated heterocycles. The molecule has 2 fully saturated rings. The minimum absolute atomic E-state index is 0. The van der Waals surface area contributed by atoms with E-state index in [-0.39, 0.29) is 71.8 Å². The Kier molecular flexibility index (Phi) is 26.0. The smallest absolute Gasteiger partial charge is 0.340 e. The van der Waals surface area contributed by atoms with Crippen molar-refractivity contribution in [2.45, 2.75) is 127 Å². The topological polar surface area (TPSA) is 0 Å². The van der Waals surface area contributed by atoms with Gasteiger partial charge in [-0.15, -0.1) is 6.07 Å². The summed E-state index contributed by atoms with van der Waals surface area (Å²) in [4.78, 5) is 0. The van der Waals surface area contributed by atoms with Crippen molar-refractivity contribution < 1.29 is 77.7 Å². The molecule has 7 heteroatoms. The van der Waals surface area contributed by atoms with E-state index < -0.39 is 34.9 Å². The average molecular weight is 884 g/mol. The third kappa shape index (κ3) is 18.0. The Balaban J connectivity index is 0.000000442. The van der Waals surface area contributed by atoms with E-state index in [4.69, 9.17) is 0 Å². The predicted octanol–water partition coefficient (Wildman–Crippen LogP) is 13.8. The molecule has 2 aliphatic rings. The van der Waals surface area contributed by atoms with Gasteiger partial charge < -0.3 is 6.92 Å². The first-order valence-corrected chi connectivity index (χ1v) is 21.1. The number of aryl methyl sites for hydroxylation is 4. The molecule has 0 radical (unpaired) electrons. The molecule has 5 aromatic rings. The van der Waals surface area contributed by atoms with Gasteiger partial charge in [0.1, 0.15) is 5.82 Å². The van der Waals surface area contributed by atoms with E-state index in [0.29, 0.717) is 53.0 Å². The van der Waals surface area contributed by atoms with Gasteiger partial charge in [0.05, 0.1) is 5.82 Å². The molecule has 7 rings (SSSR count). The number of rotatable bonds is 6. The second-order valence-corrected chi connectivity index (χ2v) is 17.1. The van der Waals surface area contributed by atoms with Crippen molar-refractivity contribution >= 4 is 0 Å². The van der Waals surface area contributed by atoms with Crippen molar-refractivity contribution in [3.8, 4) is 0 Å². The Morgan fingerprint density at radius 1 is 0.452 bits per heavy atom. The predicted molar refractivity (Wildman–Crippen MR) is 246 cm³/mol. The first-order valence-electron chi connectivity index (χ1n) is 21.1. The Bertz CT molecular complexity index is 1950. The molecule has 334 valence electrons. The molecule has 62 heavy (non-hydrogen) atoms. The van der Waals surface area contributed by atoms with E-state index in [1.807, 2.05) is 62.4 Å². The second-order valence-electron chi connectivity index (χ2n) is 17.1. The monoisotopic (exact) mass is 884 g/mol. The molecule has 2 aliphatic carbocycles. The van der Waals surface area contributed by atoms with Crippen molar-refractivity contribution in [2.75, 3.05) is 0 Å². The number of hydrogen-bond acceptors (Lipinski definition) is 0. The number of benzene rings is 5.